The van der Waals surface area contributed by atoms with Crippen LogP contribution in [-0.4, -0.2) is 0 Å². The first-order chi connectivity index (χ1) is 6.11. The van der Waals surface area contributed by atoms with Crippen molar-refractivity contribution in [3.05, 3.63) is 35.1 Å². The van der Waals surface area contributed by atoms with Gasteiger partial charge in [-0.05, 0) is 35.1 Å². The largest absolute Gasteiger partial charge is 0.324 e. The van der Waals surface area contributed by atoms with E-state index in [1.165, 1.54) is 11.6 Å². The van der Waals surface area contributed by atoms with Gasteiger partial charge in [0, 0.05) is 6.04 Å². The Balaban J connectivity index is 2.54. The number of fused-ring (bicyclic) bond motifs is 1. The van der Waals surface area contributed by atoms with Gasteiger partial charge in [0.1, 0.15) is 5.82 Å². The number of hydrogen-bond acceptors (Lipinski definition) is 1. The predicted octanol–water partition coefficient (Wildman–Crippen LogP) is 2.58. The summed E-state index contributed by atoms with van der Waals surface area (Å²) in [6, 6.07) is 4.94. The predicted molar refractivity (Wildman–Crippen MR) is 50.9 cm³/mol. The molecule has 13 heavy (non-hydrogen) atoms. The van der Waals surface area contributed by atoms with Crippen LogP contribution in [0.5, 0.6) is 0 Å². The Hall–Kier alpha value is -0.890. The molecule has 0 heterocycles. The van der Waals surface area contributed by atoms with Gasteiger partial charge in [0.2, 0.25) is 0 Å². The van der Waals surface area contributed by atoms with Gasteiger partial charge in [0.15, 0.2) is 0 Å². The molecule has 3 atom stereocenters. The molecule has 1 aromatic carbocycles. The van der Waals surface area contributed by atoms with Crippen molar-refractivity contribution in [2.24, 2.45) is 11.7 Å². The second kappa shape index (κ2) is 2.81. The molecule has 0 aliphatic heterocycles. The normalized spacial score (nSPS) is 31.8. The van der Waals surface area contributed by atoms with Crippen LogP contribution in [0.1, 0.15) is 36.9 Å². The van der Waals surface area contributed by atoms with E-state index >= 15 is 0 Å². The fourth-order valence-electron chi connectivity index (χ4n) is 2.13. The van der Waals surface area contributed by atoms with E-state index in [0.717, 1.165) is 5.56 Å². The lowest BCUT2D eigenvalue weighted by molar-refractivity contribution is 0.450. The summed E-state index contributed by atoms with van der Waals surface area (Å²) in [7, 11) is 0. The maximum atomic E-state index is 12.9. The highest BCUT2D eigenvalue weighted by Crippen LogP contribution is 2.43. The Bertz CT molecular complexity index is 335. The summed E-state index contributed by atoms with van der Waals surface area (Å²) in [5, 5.41) is 0. The van der Waals surface area contributed by atoms with Gasteiger partial charge in [0.25, 0.3) is 0 Å². The highest BCUT2D eigenvalue weighted by Gasteiger charge is 2.32. The van der Waals surface area contributed by atoms with E-state index in [1.54, 1.807) is 6.07 Å². The molecule has 0 spiro atoms. The van der Waals surface area contributed by atoms with Crippen LogP contribution < -0.4 is 5.73 Å². The van der Waals surface area contributed by atoms with Gasteiger partial charge in [-0.1, -0.05) is 19.9 Å². The van der Waals surface area contributed by atoms with Crippen LogP contribution in [0.15, 0.2) is 18.2 Å². The molecule has 1 aliphatic rings. The van der Waals surface area contributed by atoms with E-state index in [4.69, 9.17) is 5.73 Å². The molecule has 0 saturated carbocycles. The van der Waals surface area contributed by atoms with E-state index < -0.39 is 0 Å². The van der Waals surface area contributed by atoms with Crippen molar-refractivity contribution in [1.29, 1.82) is 0 Å². The number of halogens is 1. The van der Waals surface area contributed by atoms with Crippen molar-refractivity contribution < 1.29 is 4.39 Å². The third-order valence-electron chi connectivity index (χ3n) is 3.25. The van der Waals surface area contributed by atoms with Crippen molar-refractivity contribution in [2.45, 2.75) is 25.8 Å². The minimum absolute atomic E-state index is 0.000648. The molecule has 0 radical (unpaired) electrons. The van der Waals surface area contributed by atoms with Gasteiger partial charge in [-0.15, -0.1) is 0 Å². The van der Waals surface area contributed by atoms with Crippen LogP contribution in [0, 0.1) is 11.7 Å². The zero-order chi connectivity index (χ0) is 9.59. The molecule has 0 aromatic heterocycles. The quantitative estimate of drug-likeness (QED) is 0.650. The van der Waals surface area contributed by atoms with Crippen molar-refractivity contribution in [3.63, 3.8) is 0 Å². The summed E-state index contributed by atoms with van der Waals surface area (Å²) >= 11 is 0. The van der Waals surface area contributed by atoms with E-state index in [2.05, 4.69) is 13.8 Å². The Morgan fingerprint density at radius 2 is 1.92 bits per heavy atom. The molecule has 0 bridgehead atoms. The third kappa shape index (κ3) is 1.17. The van der Waals surface area contributed by atoms with Crippen LogP contribution in [0.25, 0.3) is 0 Å². The first-order valence-corrected chi connectivity index (χ1v) is 4.66. The third-order valence-corrected chi connectivity index (χ3v) is 3.25. The second-order valence-electron chi connectivity index (χ2n) is 3.95. The molecular weight excluding hydrogens is 165 g/mol. The number of benzene rings is 1. The summed E-state index contributed by atoms with van der Waals surface area (Å²) in [5.74, 6) is 0.679. The molecule has 0 amide bonds. The molecule has 2 rings (SSSR count). The maximum absolute atomic E-state index is 12.9. The van der Waals surface area contributed by atoms with Crippen LogP contribution in [0.3, 0.4) is 0 Å². The Labute approximate surface area is 77.8 Å². The summed E-state index contributed by atoms with van der Waals surface area (Å²) in [6.45, 7) is 4.27. The molecule has 2 N–H and O–H groups in total. The molecule has 1 aliphatic carbocycles. The van der Waals surface area contributed by atoms with Gasteiger partial charge in [0.05, 0.1) is 0 Å². The maximum Gasteiger partial charge on any atom is 0.123 e. The average Bonchev–Trinajstić information content (AvgIpc) is 2.32. The molecule has 70 valence electrons. The monoisotopic (exact) mass is 179 g/mol. The molecule has 1 nitrogen and oxygen atoms in total. The van der Waals surface area contributed by atoms with E-state index in [-0.39, 0.29) is 11.9 Å². The van der Waals surface area contributed by atoms with E-state index in [9.17, 15) is 4.39 Å². The summed E-state index contributed by atoms with van der Waals surface area (Å²) < 4.78 is 12.9. The second-order valence-corrected chi connectivity index (χ2v) is 3.95. The lowest BCUT2D eigenvalue weighted by Crippen LogP contribution is -2.15. The minimum Gasteiger partial charge on any atom is -0.324 e. The smallest absolute Gasteiger partial charge is 0.123 e. The molecule has 0 fully saturated rings. The van der Waals surface area contributed by atoms with Crippen molar-refractivity contribution in [3.8, 4) is 0 Å². The van der Waals surface area contributed by atoms with Crippen molar-refractivity contribution >= 4 is 0 Å². The lowest BCUT2D eigenvalue weighted by atomic mass is 9.95. The van der Waals surface area contributed by atoms with Crippen LogP contribution in [0.4, 0.5) is 4.39 Å². The standard InChI is InChI=1S/C11H14FN/c1-6-7(2)11(13)10-5-8(12)3-4-9(6)10/h3-7,11H,13H2,1-2H3. The van der Waals surface area contributed by atoms with E-state index in [1.807, 2.05) is 6.07 Å². The highest BCUT2D eigenvalue weighted by atomic mass is 19.1. The van der Waals surface area contributed by atoms with Crippen molar-refractivity contribution in [2.75, 3.05) is 0 Å². The van der Waals surface area contributed by atoms with Crippen LogP contribution in [-0.2, 0) is 0 Å². The zero-order valence-electron chi connectivity index (χ0n) is 7.92. The van der Waals surface area contributed by atoms with Gasteiger partial charge >= 0.3 is 0 Å². The summed E-state index contributed by atoms with van der Waals surface area (Å²) in [5.41, 5.74) is 8.18. The summed E-state index contributed by atoms with van der Waals surface area (Å²) in [6.07, 6.45) is 0. The topological polar surface area (TPSA) is 26.0 Å². The lowest BCUT2D eigenvalue weighted by Gasteiger charge is -2.13. The number of nitrogens with two attached hydrogens (primary N) is 1. The highest BCUT2D eigenvalue weighted by molar-refractivity contribution is 5.38. The van der Waals surface area contributed by atoms with Crippen LogP contribution in [0.2, 0.25) is 0 Å². The zero-order valence-corrected chi connectivity index (χ0v) is 7.92. The van der Waals surface area contributed by atoms with Gasteiger partial charge < -0.3 is 5.73 Å². The molecule has 3 unspecified atom stereocenters. The molecule has 1 aromatic rings. The van der Waals surface area contributed by atoms with Gasteiger partial charge in [-0.25, -0.2) is 4.39 Å². The van der Waals surface area contributed by atoms with E-state index in [0.29, 0.717) is 11.8 Å². The summed E-state index contributed by atoms with van der Waals surface area (Å²) in [4.78, 5) is 0. The molecule has 0 saturated heterocycles. The van der Waals surface area contributed by atoms with Gasteiger partial charge in [-0.2, -0.15) is 0 Å². The Kier molecular flexibility index (Phi) is 1.88. The van der Waals surface area contributed by atoms with Crippen LogP contribution >= 0.6 is 0 Å². The SMILES string of the molecule is CC1c2ccc(F)cc2C(N)C1C. The minimum atomic E-state index is -0.185. The average molecular weight is 179 g/mol. The Morgan fingerprint density at radius 3 is 2.62 bits per heavy atom. The van der Waals surface area contributed by atoms with Crippen molar-refractivity contribution in [1.82, 2.24) is 0 Å². The number of rotatable bonds is 0. The first kappa shape index (κ1) is 8.70. The fraction of sp³-hybridized carbons (Fsp3) is 0.455. The van der Waals surface area contributed by atoms with Gasteiger partial charge in [-0.3, -0.25) is 0 Å². The fourth-order valence-corrected chi connectivity index (χ4v) is 2.13. The Morgan fingerprint density at radius 1 is 1.23 bits per heavy atom. The number of hydrogen-bond donors (Lipinski definition) is 1. The first-order valence-electron chi connectivity index (χ1n) is 4.66. The molecule has 2 heteroatoms. The molecular formula is C11H14FN.